The van der Waals surface area contributed by atoms with Crippen LogP contribution < -0.4 is 20.8 Å². The van der Waals surface area contributed by atoms with E-state index in [2.05, 4.69) is 37.1 Å². The van der Waals surface area contributed by atoms with Gasteiger partial charge in [-0.15, -0.1) is 0 Å². The number of ether oxygens (including phenoxy) is 1. The van der Waals surface area contributed by atoms with Crippen molar-refractivity contribution < 1.29 is 23.5 Å². The minimum atomic E-state index is -0.937. The van der Waals surface area contributed by atoms with E-state index in [9.17, 15) is 14.4 Å². The van der Waals surface area contributed by atoms with Crippen molar-refractivity contribution in [3.05, 3.63) is 82.2 Å². The molecule has 0 bridgehead atoms. The molecule has 9 nitrogen and oxygen atoms in total. The van der Waals surface area contributed by atoms with Crippen molar-refractivity contribution in [2.75, 3.05) is 11.9 Å². The Kier molecular flexibility index (Phi) is 8.36. The number of hydrazone groups is 1. The predicted octanol–water partition coefficient (Wildman–Crippen LogP) is 3.13. The predicted molar refractivity (Wildman–Crippen MR) is 126 cm³/mol. The number of furan rings is 1. The second-order valence-corrected chi connectivity index (χ2v) is 7.76. The van der Waals surface area contributed by atoms with Crippen LogP contribution in [0.25, 0.3) is 0 Å². The molecule has 1 aromatic heterocycles. The summed E-state index contributed by atoms with van der Waals surface area (Å²) in [6.07, 6.45) is 2.78. The normalized spacial score (nSPS) is 10.6. The highest BCUT2D eigenvalue weighted by Crippen LogP contribution is 2.22. The Morgan fingerprint density at radius 3 is 2.61 bits per heavy atom. The number of nitrogens with zero attached hydrogens (tertiary/aromatic N) is 1. The number of hydrogen-bond donors (Lipinski definition) is 3. The number of carbonyl (C=O) groups is 3. The summed E-state index contributed by atoms with van der Waals surface area (Å²) in [5, 5.41) is 8.96. The summed E-state index contributed by atoms with van der Waals surface area (Å²) in [5.41, 5.74) is 4.39. The summed E-state index contributed by atoms with van der Waals surface area (Å²) in [6, 6.07) is 15.8. The molecule has 3 aromatic rings. The van der Waals surface area contributed by atoms with Crippen LogP contribution >= 0.6 is 15.9 Å². The van der Waals surface area contributed by atoms with Crippen molar-refractivity contribution in [2.24, 2.45) is 5.10 Å². The zero-order chi connectivity index (χ0) is 23.6. The summed E-state index contributed by atoms with van der Waals surface area (Å²) in [7, 11) is 0. The summed E-state index contributed by atoms with van der Waals surface area (Å²) in [6.45, 7) is 1.82. The molecule has 0 aliphatic heterocycles. The third-order valence-electron chi connectivity index (χ3n) is 4.25. The van der Waals surface area contributed by atoms with Gasteiger partial charge < -0.3 is 19.8 Å². The Hall–Kier alpha value is -3.92. The molecule has 0 radical (unpaired) electrons. The van der Waals surface area contributed by atoms with Crippen molar-refractivity contribution in [3.63, 3.8) is 0 Å². The van der Waals surface area contributed by atoms with Crippen LogP contribution in [-0.2, 0) is 20.9 Å². The minimum Gasteiger partial charge on any atom is -0.483 e. The first-order valence-electron chi connectivity index (χ1n) is 9.83. The fraction of sp³-hybridized carbons (Fsp3) is 0.130. The van der Waals surface area contributed by atoms with E-state index < -0.39 is 11.8 Å². The van der Waals surface area contributed by atoms with Gasteiger partial charge in [0.1, 0.15) is 11.5 Å². The summed E-state index contributed by atoms with van der Waals surface area (Å²) in [4.78, 5) is 35.9. The van der Waals surface area contributed by atoms with E-state index >= 15 is 0 Å². The molecule has 3 amide bonds. The van der Waals surface area contributed by atoms with E-state index in [0.29, 0.717) is 22.8 Å². The zero-order valence-corrected chi connectivity index (χ0v) is 19.2. The SMILES string of the molecule is Cc1ccc(NC(=O)COc2ccc(Br)cc2/C=N\NC(=O)C(=O)NCc2ccco2)cc1. The van der Waals surface area contributed by atoms with E-state index in [-0.39, 0.29) is 19.1 Å². The first-order chi connectivity index (χ1) is 15.9. The highest BCUT2D eigenvalue weighted by Gasteiger charge is 2.13. The number of benzene rings is 2. The molecule has 0 aliphatic rings. The molecule has 0 atom stereocenters. The second-order valence-electron chi connectivity index (χ2n) is 6.85. The standard InChI is InChI=1S/C23H21BrN4O5/c1-15-4-7-18(8-5-15)27-21(29)14-33-20-9-6-17(24)11-16(20)12-26-28-23(31)22(30)25-13-19-3-2-10-32-19/h2-12H,13-14H2,1H3,(H,25,30)(H,27,29)(H,28,31)/b26-12-. The second kappa shape index (κ2) is 11.6. The Balaban J connectivity index is 1.53. The number of hydrogen-bond acceptors (Lipinski definition) is 6. The molecule has 2 aromatic carbocycles. The van der Waals surface area contributed by atoms with E-state index in [1.165, 1.54) is 12.5 Å². The number of carbonyl (C=O) groups excluding carboxylic acids is 3. The number of aryl methyl sites for hydroxylation is 1. The topological polar surface area (TPSA) is 122 Å². The number of halogens is 1. The van der Waals surface area contributed by atoms with Gasteiger partial charge in [-0.1, -0.05) is 33.6 Å². The van der Waals surface area contributed by atoms with E-state index in [1.54, 1.807) is 42.5 Å². The first-order valence-corrected chi connectivity index (χ1v) is 10.6. The monoisotopic (exact) mass is 512 g/mol. The molecule has 3 N–H and O–H groups in total. The number of anilines is 1. The molecule has 0 fully saturated rings. The van der Waals surface area contributed by atoms with E-state index in [0.717, 1.165) is 10.0 Å². The largest absolute Gasteiger partial charge is 0.483 e. The summed E-state index contributed by atoms with van der Waals surface area (Å²) < 4.78 is 11.4. The third kappa shape index (κ3) is 7.62. The van der Waals surface area contributed by atoms with Crippen LogP contribution in [0.15, 0.2) is 74.9 Å². The lowest BCUT2D eigenvalue weighted by molar-refractivity contribution is -0.139. The molecule has 170 valence electrons. The molecule has 3 rings (SSSR count). The Bertz CT molecular complexity index is 1140. The average molecular weight is 513 g/mol. The van der Waals surface area contributed by atoms with E-state index in [4.69, 9.17) is 9.15 Å². The van der Waals surface area contributed by atoms with Gasteiger partial charge in [0.15, 0.2) is 6.61 Å². The molecular formula is C23H21BrN4O5. The molecule has 10 heteroatoms. The molecule has 0 unspecified atom stereocenters. The van der Waals surface area contributed by atoms with Crippen LogP contribution in [0.1, 0.15) is 16.9 Å². The van der Waals surface area contributed by atoms with Crippen molar-refractivity contribution in [1.82, 2.24) is 10.7 Å². The third-order valence-corrected chi connectivity index (χ3v) is 4.74. The number of rotatable bonds is 8. The molecular weight excluding hydrogens is 492 g/mol. The molecule has 0 spiro atoms. The molecule has 33 heavy (non-hydrogen) atoms. The van der Waals surface area contributed by atoms with Gasteiger partial charge in [0.05, 0.1) is 19.0 Å². The quantitative estimate of drug-likeness (QED) is 0.243. The van der Waals surface area contributed by atoms with Crippen LogP contribution in [0.4, 0.5) is 5.69 Å². The van der Waals surface area contributed by atoms with E-state index in [1.807, 2.05) is 19.1 Å². The lowest BCUT2D eigenvalue weighted by Crippen LogP contribution is -2.37. The van der Waals surface area contributed by atoms with Gasteiger partial charge in [0.2, 0.25) is 0 Å². The smallest absolute Gasteiger partial charge is 0.329 e. The lowest BCUT2D eigenvalue weighted by atomic mass is 10.2. The Morgan fingerprint density at radius 1 is 1.09 bits per heavy atom. The van der Waals surface area contributed by atoms with Gasteiger partial charge in [-0.3, -0.25) is 14.4 Å². The lowest BCUT2D eigenvalue weighted by Gasteiger charge is -2.10. The maximum atomic E-state index is 12.2. The van der Waals surface area contributed by atoms with Gasteiger partial charge >= 0.3 is 11.8 Å². The Labute approximate surface area is 198 Å². The molecule has 0 aliphatic carbocycles. The van der Waals surface area contributed by atoms with Crippen LogP contribution in [0.5, 0.6) is 5.75 Å². The van der Waals surface area contributed by atoms with Gasteiger partial charge in [0.25, 0.3) is 5.91 Å². The highest BCUT2D eigenvalue weighted by molar-refractivity contribution is 9.10. The van der Waals surface area contributed by atoms with Crippen molar-refractivity contribution in [1.29, 1.82) is 0 Å². The maximum absolute atomic E-state index is 12.2. The maximum Gasteiger partial charge on any atom is 0.329 e. The van der Waals surface area contributed by atoms with Crippen molar-refractivity contribution >= 4 is 45.6 Å². The summed E-state index contributed by atoms with van der Waals surface area (Å²) >= 11 is 3.35. The first kappa shape index (κ1) is 23.7. The number of nitrogens with one attached hydrogen (secondary N) is 3. The highest BCUT2D eigenvalue weighted by atomic mass is 79.9. The summed E-state index contributed by atoms with van der Waals surface area (Å²) in [5.74, 6) is -1.24. The van der Waals surface area contributed by atoms with Crippen LogP contribution in [-0.4, -0.2) is 30.5 Å². The average Bonchev–Trinajstić information content (AvgIpc) is 3.32. The number of amides is 3. The molecule has 1 heterocycles. The van der Waals surface area contributed by atoms with Crippen LogP contribution in [0.2, 0.25) is 0 Å². The fourth-order valence-corrected chi connectivity index (χ4v) is 2.98. The van der Waals surface area contributed by atoms with Gasteiger partial charge in [-0.2, -0.15) is 5.10 Å². The van der Waals surface area contributed by atoms with Gasteiger partial charge in [0, 0.05) is 15.7 Å². The van der Waals surface area contributed by atoms with Gasteiger partial charge in [-0.05, 0) is 49.4 Å². The fourth-order valence-electron chi connectivity index (χ4n) is 2.60. The van der Waals surface area contributed by atoms with Crippen molar-refractivity contribution in [3.8, 4) is 5.75 Å². The van der Waals surface area contributed by atoms with Crippen LogP contribution in [0.3, 0.4) is 0 Å². The zero-order valence-electron chi connectivity index (χ0n) is 17.6. The van der Waals surface area contributed by atoms with Crippen molar-refractivity contribution in [2.45, 2.75) is 13.5 Å². The molecule has 0 saturated carbocycles. The Morgan fingerprint density at radius 2 is 1.88 bits per heavy atom. The molecule has 0 saturated heterocycles. The van der Waals surface area contributed by atoms with Crippen LogP contribution in [0, 0.1) is 6.92 Å². The minimum absolute atomic E-state index is 0.0806. The van der Waals surface area contributed by atoms with Gasteiger partial charge in [-0.25, -0.2) is 5.43 Å².